The van der Waals surface area contributed by atoms with Gasteiger partial charge in [-0.3, -0.25) is 0 Å². The van der Waals surface area contributed by atoms with Crippen LogP contribution in [0, 0.1) is 23.7 Å². The first-order chi connectivity index (χ1) is 8.52. The van der Waals surface area contributed by atoms with Crippen molar-refractivity contribution >= 4 is 5.82 Å². The van der Waals surface area contributed by atoms with Gasteiger partial charge in [0.25, 0.3) is 0 Å². The number of aromatic nitrogens is 1. The molecular weight excluding hydrogens is 222 g/mol. The van der Waals surface area contributed by atoms with Gasteiger partial charge < -0.3 is 4.90 Å². The third-order valence-corrected chi connectivity index (χ3v) is 3.77. The van der Waals surface area contributed by atoms with Crippen molar-refractivity contribution in [2.24, 2.45) is 5.41 Å². The molecule has 0 bridgehead atoms. The molecule has 0 N–H and O–H groups in total. The molecule has 0 spiro atoms. The van der Waals surface area contributed by atoms with Crippen molar-refractivity contribution in [1.82, 2.24) is 4.98 Å². The maximum absolute atomic E-state index is 9.20. The summed E-state index contributed by atoms with van der Waals surface area (Å²) < 4.78 is 0. The molecule has 0 amide bonds. The number of pyridine rings is 1. The summed E-state index contributed by atoms with van der Waals surface area (Å²) in [7, 11) is 0. The first kappa shape index (κ1) is 12.9. The topological polar surface area (TPSA) is 39.9 Å². The summed E-state index contributed by atoms with van der Waals surface area (Å²) in [6, 6.07) is 6.05. The highest BCUT2D eigenvalue weighted by atomic mass is 15.2. The van der Waals surface area contributed by atoms with Gasteiger partial charge in [0, 0.05) is 18.8 Å². The first-order valence-electron chi connectivity index (χ1n) is 6.64. The Hall–Kier alpha value is -1.56. The Kier molecular flexibility index (Phi) is 3.56. The van der Waals surface area contributed by atoms with Crippen molar-refractivity contribution < 1.29 is 0 Å². The van der Waals surface area contributed by atoms with E-state index in [1.807, 2.05) is 19.1 Å². The highest BCUT2D eigenvalue weighted by Gasteiger charge is 2.24. The molecule has 18 heavy (non-hydrogen) atoms. The van der Waals surface area contributed by atoms with Gasteiger partial charge in [-0.15, -0.1) is 0 Å². The third-order valence-electron chi connectivity index (χ3n) is 3.77. The molecule has 3 heteroatoms. The van der Waals surface area contributed by atoms with Crippen molar-refractivity contribution in [2.75, 3.05) is 18.0 Å². The van der Waals surface area contributed by atoms with E-state index >= 15 is 0 Å². The quantitative estimate of drug-likeness (QED) is 0.760. The van der Waals surface area contributed by atoms with Crippen LogP contribution in [0.25, 0.3) is 0 Å². The van der Waals surface area contributed by atoms with Crippen molar-refractivity contribution in [3.8, 4) is 6.07 Å². The third kappa shape index (κ3) is 2.81. The maximum Gasteiger partial charge on any atom is 0.146 e. The highest BCUT2D eigenvalue weighted by Crippen LogP contribution is 2.32. The van der Waals surface area contributed by atoms with Crippen LogP contribution in [0.4, 0.5) is 5.82 Å². The summed E-state index contributed by atoms with van der Waals surface area (Å²) in [5.74, 6) is 0.871. The minimum Gasteiger partial charge on any atom is -0.355 e. The van der Waals surface area contributed by atoms with Crippen LogP contribution in [-0.4, -0.2) is 18.1 Å². The van der Waals surface area contributed by atoms with Crippen LogP contribution in [0.1, 0.15) is 44.4 Å². The lowest BCUT2D eigenvalue weighted by atomic mass is 9.85. The van der Waals surface area contributed by atoms with Crippen molar-refractivity contribution in [3.05, 3.63) is 23.4 Å². The van der Waals surface area contributed by atoms with E-state index in [9.17, 15) is 5.26 Å². The molecule has 2 rings (SSSR count). The van der Waals surface area contributed by atoms with E-state index in [0.717, 1.165) is 31.0 Å². The monoisotopic (exact) mass is 243 g/mol. The molecule has 1 fully saturated rings. The Bertz CT molecular complexity index is 471. The number of nitriles is 1. The Morgan fingerprint density at radius 2 is 2.06 bits per heavy atom. The van der Waals surface area contributed by atoms with Crippen molar-refractivity contribution in [3.63, 3.8) is 0 Å². The van der Waals surface area contributed by atoms with Crippen LogP contribution in [0.2, 0.25) is 0 Å². The molecule has 1 aromatic rings. The first-order valence-corrected chi connectivity index (χ1v) is 6.64. The lowest BCUT2D eigenvalue weighted by Crippen LogP contribution is -2.27. The normalized spacial score (nSPS) is 19.1. The van der Waals surface area contributed by atoms with Gasteiger partial charge in [0.2, 0.25) is 0 Å². The fraction of sp³-hybridized carbons (Fsp3) is 0.600. The number of hydrogen-bond acceptors (Lipinski definition) is 3. The lowest BCUT2D eigenvalue weighted by molar-refractivity contribution is 0.325. The summed E-state index contributed by atoms with van der Waals surface area (Å²) in [5.41, 5.74) is 2.08. The van der Waals surface area contributed by atoms with Gasteiger partial charge in [0.15, 0.2) is 0 Å². The fourth-order valence-electron chi connectivity index (χ4n) is 2.51. The molecule has 96 valence electrons. The molecule has 1 aliphatic heterocycles. The van der Waals surface area contributed by atoms with Crippen LogP contribution in [0.15, 0.2) is 12.1 Å². The lowest BCUT2D eigenvalue weighted by Gasteiger charge is -2.24. The minimum atomic E-state index is 0.408. The number of rotatable bonds is 1. The van der Waals surface area contributed by atoms with E-state index in [2.05, 4.69) is 29.8 Å². The predicted octanol–water partition coefficient (Wildman–Crippen LogP) is 3.28. The van der Waals surface area contributed by atoms with Crippen molar-refractivity contribution in [2.45, 2.75) is 40.0 Å². The molecule has 0 unspecified atom stereocenters. The second-order valence-electron chi connectivity index (χ2n) is 5.94. The van der Waals surface area contributed by atoms with Gasteiger partial charge in [-0.05, 0) is 43.7 Å². The zero-order valence-corrected chi connectivity index (χ0v) is 11.5. The van der Waals surface area contributed by atoms with Crippen LogP contribution < -0.4 is 4.90 Å². The van der Waals surface area contributed by atoms with E-state index in [1.54, 1.807) is 0 Å². The summed E-state index contributed by atoms with van der Waals surface area (Å²) in [5, 5.41) is 9.20. The number of aryl methyl sites for hydroxylation is 1. The number of anilines is 1. The average Bonchev–Trinajstić information content (AvgIpc) is 2.50. The molecule has 1 aromatic heterocycles. The average molecular weight is 243 g/mol. The molecule has 0 saturated carbocycles. The highest BCUT2D eigenvalue weighted by molar-refractivity contribution is 5.54. The van der Waals surface area contributed by atoms with E-state index in [1.165, 1.54) is 12.8 Å². The number of hydrogen-bond donors (Lipinski definition) is 0. The Morgan fingerprint density at radius 1 is 1.28 bits per heavy atom. The van der Waals surface area contributed by atoms with Gasteiger partial charge in [-0.2, -0.15) is 5.26 Å². The van der Waals surface area contributed by atoms with E-state index < -0.39 is 0 Å². The summed E-state index contributed by atoms with van der Waals surface area (Å²) >= 11 is 0. The Balaban J connectivity index is 2.26. The van der Waals surface area contributed by atoms with Gasteiger partial charge in [0.05, 0.1) is 5.56 Å². The van der Waals surface area contributed by atoms with E-state index in [4.69, 9.17) is 0 Å². The van der Waals surface area contributed by atoms with Crippen molar-refractivity contribution in [1.29, 1.82) is 5.26 Å². The molecule has 0 radical (unpaired) electrons. The minimum absolute atomic E-state index is 0.408. The summed E-state index contributed by atoms with van der Waals surface area (Å²) in [6.07, 6.45) is 3.58. The SMILES string of the molecule is Cc1ccc(C#N)c(N2CCCC(C)(C)CC2)n1. The largest absolute Gasteiger partial charge is 0.355 e. The second-order valence-corrected chi connectivity index (χ2v) is 5.94. The molecule has 0 aliphatic carbocycles. The van der Waals surface area contributed by atoms with E-state index in [0.29, 0.717) is 11.0 Å². The zero-order chi connectivity index (χ0) is 13.2. The predicted molar refractivity (Wildman–Crippen MR) is 73.5 cm³/mol. The molecule has 0 aromatic carbocycles. The van der Waals surface area contributed by atoms with Gasteiger partial charge in [-0.25, -0.2) is 4.98 Å². The maximum atomic E-state index is 9.20. The van der Waals surface area contributed by atoms with Crippen LogP contribution in [-0.2, 0) is 0 Å². The van der Waals surface area contributed by atoms with Crippen LogP contribution in [0.5, 0.6) is 0 Å². The fourth-order valence-corrected chi connectivity index (χ4v) is 2.51. The summed E-state index contributed by atoms with van der Waals surface area (Å²) in [4.78, 5) is 6.84. The molecule has 1 saturated heterocycles. The van der Waals surface area contributed by atoms with Gasteiger partial charge in [0.1, 0.15) is 11.9 Å². The molecule has 1 aliphatic rings. The second kappa shape index (κ2) is 4.97. The smallest absolute Gasteiger partial charge is 0.146 e. The Labute approximate surface area is 109 Å². The van der Waals surface area contributed by atoms with E-state index in [-0.39, 0.29) is 0 Å². The molecule has 0 atom stereocenters. The summed E-state index contributed by atoms with van der Waals surface area (Å²) in [6.45, 7) is 8.63. The van der Waals surface area contributed by atoms with Crippen LogP contribution >= 0.6 is 0 Å². The number of nitrogens with zero attached hydrogens (tertiary/aromatic N) is 3. The standard InChI is InChI=1S/C15H21N3/c1-12-5-6-13(11-16)14(17-12)18-9-4-7-15(2,3)8-10-18/h5-6H,4,7-10H2,1-3H3. The Morgan fingerprint density at radius 3 is 2.78 bits per heavy atom. The zero-order valence-electron chi connectivity index (χ0n) is 11.5. The molecule has 2 heterocycles. The molecular formula is C15H21N3. The van der Waals surface area contributed by atoms with Crippen LogP contribution in [0.3, 0.4) is 0 Å². The van der Waals surface area contributed by atoms with Gasteiger partial charge >= 0.3 is 0 Å². The van der Waals surface area contributed by atoms with Gasteiger partial charge in [-0.1, -0.05) is 13.8 Å². The molecule has 3 nitrogen and oxygen atoms in total.